The van der Waals surface area contributed by atoms with Gasteiger partial charge in [-0.2, -0.15) is 5.10 Å². The Balaban J connectivity index is 1.43. The van der Waals surface area contributed by atoms with Gasteiger partial charge in [-0.1, -0.05) is 12.1 Å². The molecule has 4 heterocycles. The highest BCUT2D eigenvalue weighted by atomic mass is 16.5. The molecule has 0 atom stereocenters. The number of para-hydroxylation sites is 1. The Morgan fingerprint density at radius 3 is 2.67 bits per heavy atom. The first-order valence-electron chi connectivity index (χ1n) is 11.0. The molecule has 1 aromatic carbocycles. The number of carbonyl (C=O) groups is 1. The summed E-state index contributed by atoms with van der Waals surface area (Å²) in [6, 6.07) is 8.28. The average Bonchev–Trinajstić information content (AvgIpc) is 3.44. The van der Waals surface area contributed by atoms with Gasteiger partial charge in [0, 0.05) is 50.7 Å². The summed E-state index contributed by atoms with van der Waals surface area (Å²) >= 11 is 0. The van der Waals surface area contributed by atoms with E-state index in [9.17, 15) is 4.79 Å². The Kier molecular flexibility index (Phi) is 5.25. The number of aromatic nitrogens is 2. The maximum absolute atomic E-state index is 12.3. The van der Waals surface area contributed by atoms with E-state index in [0.717, 1.165) is 37.2 Å². The fourth-order valence-corrected chi connectivity index (χ4v) is 5.14. The average molecular weight is 411 g/mol. The number of amides is 1. The van der Waals surface area contributed by atoms with Crippen LogP contribution in [0.4, 0.5) is 0 Å². The normalized spacial score (nSPS) is 20.1. The lowest BCUT2D eigenvalue weighted by molar-refractivity contribution is -0.139. The van der Waals surface area contributed by atoms with E-state index < -0.39 is 5.60 Å². The molecule has 30 heavy (non-hydrogen) atoms. The van der Waals surface area contributed by atoms with Crippen LogP contribution < -0.4 is 4.74 Å². The summed E-state index contributed by atoms with van der Waals surface area (Å²) in [5, 5.41) is 4.80. The maximum Gasteiger partial charge on any atom is 0.248 e. The Hall–Kier alpha value is -2.38. The van der Waals surface area contributed by atoms with Crippen LogP contribution in [0.1, 0.15) is 31.2 Å². The van der Waals surface area contributed by atoms with Crippen LogP contribution in [0.25, 0.3) is 11.3 Å². The van der Waals surface area contributed by atoms with Crippen molar-refractivity contribution in [3.05, 3.63) is 36.0 Å². The van der Waals surface area contributed by atoms with E-state index >= 15 is 0 Å². The van der Waals surface area contributed by atoms with Crippen molar-refractivity contribution < 1.29 is 14.3 Å². The maximum atomic E-state index is 12.3. The van der Waals surface area contributed by atoms with Gasteiger partial charge in [-0.25, -0.2) is 0 Å². The van der Waals surface area contributed by atoms with E-state index in [4.69, 9.17) is 14.6 Å². The van der Waals surface area contributed by atoms with Crippen LogP contribution in [0.3, 0.4) is 0 Å². The number of rotatable bonds is 5. The van der Waals surface area contributed by atoms with Crippen molar-refractivity contribution in [3.8, 4) is 17.0 Å². The fraction of sp³-hybridized carbons (Fsp3) is 0.565. The third-order valence-electron chi connectivity index (χ3n) is 6.80. The number of ether oxygens (including phenoxy) is 2. The van der Waals surface area contributed by atoms with Gasteiger partial charge >= 0.3 is 0 Å². The molecule has 2 aromatic rings. The summed E-state index contributed by atoms with van der Waals surface area (Å²) in [7, 11) is 1.56. The summed E-state index contributed by atoms with van der Waals surface area (Å²) in [6.07, 6.45) is 6.13. The monoisotopic (exact) mass is 410 g/mol. The first-order valence-corrected chi connectivity index (χ1v) is 11.0. The quantitative estimate of drug-likeness (QED) is 0.758. The zero-order valence-electron chi connectivity index (χ0n) is 17.7. The number of hydrogen-bond acceptors (Lipinski definition) is 5. The predicted octanol–water partition coefficient (Wildman–Crippen LogP) is 2.50. The van der Waals surface area contributed by atoms with Crippen molar-refractivity contribution in [1.82, 2.24) is 19.6 Å². The van der Waals surface area contributed by atoms with E-state index in [1.807, 2.05) is 17.2 Å². The van der Waals surface area contributed by atoms with Crippen LogP contribution in [0.2, 0.25) is 0 Å². The summed E-state index contributed by atoms with van der Waals surface area (Å²) in [5.74, 6) is 0.967. The molecule has 1 spiro atoms. The molecule has 1 amide bonds. The van der Waals surface area contributed by atoms with Crippen molar-refractivity contribution in [2.24, 2.45) is 0 Å². The van der Waals surface area contributed by atoms with Crippen molar-refractivity contribution >= 4 is 5.91 Å². The van der Waals surface area contributed by atoms with Crippen molar-refractivity contribution in [3.63, 3.8) is 0 Å². The molecule has 0 unspecified atom stereocenters. The van der Waals surface area contributed by atoms with Crippen LogP contribution in [-0.2, 0) is 21.7 Å². The predicted molar refractivity (Wildman–Crippen MR) is 113 cm³/mol. The van der Waals surface area contributed by atoms with Crippen LogP contribution in [0, 0.1) is 0 Å². The van der Waals surface area contributed by atoms with Gasteiger partial charge in [-0.3, -0.25) is 9.48 Å². The molecule has 1 aromatic heterocycles. The van der Waals surface area contributed by atoms with Gasteiger partial charge in [0.25, 0.3) is 0 Å². The Morgan fingerprint density at radius 2 is 1.90 bits per heavy atom. The standard InChI is InChI=1S/C23H30N4O3/c1-29-17-21(28)26-12-8-23(9-13-26)19-16-24-27(15-14-25-10-4-5-11-25)22(19)18-6-2-3-7-20(18)30-23/h2-3,6-7,16H,4-5,8-15,17H2,1H3. The lowest BCUT2D eigenvalue weighted by Gasteiger charge is -2.44. The molecule has 0 saturated carbocycles. The first-order chi connectivity index (χ1) is 14.7. The van der Waals surface area contributed by atoms with Gasteiger partial charge in [-0.15, -0.1) is 0 Å². The van der Waals surface area contributed by atoms with Crippen LogP contribution >= 0.6 is 0 Å². The van der Waals surface area contributed by atoms with Crippen molar-refractivity contribution in [2.45, 2.75) is 37.8 Å². The first kappa shape index (κ1) is 19.6. The number of likely N-dealkylation sites (tertiary alicyclic amines) is 2. The van der Waals surface area contributed by atoms with Crippen LogP contribution in [-0.4, -0.2) is 71.9 Å². The lowest BCUT2D eigenvalue weighted by Crippen LogP contribution is -2.49. The number of benzene rings is 1. The van der Waals surface area contributed by atoms with Crippen molar-refractivity contribution in [1.29, 1.82) is 0 Å². The third kappa shape index (κ3) is 3.40. The highest BCUT2D eigenvalue weighted by Gasteiger charge is 2.46. The molecule has 7 nitrogen and oxygen atoms in total. The molecular formula is C23H30N4O3. The van der Waals surface area contributed by atoms with Gasteiger partial charge in [0.2, 0.25) is 5.91 Å². The molecule has 3 aliphatic heterocycles. The molecule has 0 bridgehead atoms. The molecule has 5 rings (SSSR count). The highest BCUT2D eigenvalue weighted by molar-refractivity contribution is 5.78. The number of piperidine rings is 1. The van der Waals surface area contributed by atoms with Gasteiger partial charge in [-0.05, 0) is 38.1 Å². The summed E-state index contributed by atoms with van der Waals surface area (Å²) < 4.78 is 13.8. The zero-order valence-corrected chi connectivity index (χ0v) is 17.7. The van der Waals surface area contributed by atoms with Gasteiger partial charge in [0.05, 0.1) is 18.4 Å². The van der Waals surface area contributed by atoms with Crippen LogP contribution in [0.15, 0.2) is 30.5 Å². The highest BCUT2D eigenvalue weighted by Crippen LogP contribution is 2.49. The Labute approximate surface area is 177 Å². The number of carbonyl (C=O) groups excluding carboxylic acids is 1. The minimum atomic E-state index is -0.417. The van der Waals surface area contributed by atoms with Gasteiger partial charge in [0.1, 0.15) is 18.0 Å². The van der Waals surface area contributed by atoms with E-state index in [1.165, 1.54) is 37.2 Å². The molecule has 3 aliphatic rings. The number of methoxy groups -OCH3 is 1. The summed E-state index contributed by atoms with van der Waals surface area (Å²) in [5.41, 5.74) is 3.06. The van der Waals surface area contributed by atoms with E-state index in [0.29, 0.717) is 13.1 Å². The Morgan fingerprint density at radius 1 is 1.13 bits per heavy atom. The smallest absolute Gasteiger partial charge is 0.248 e. The molecular weight excluding hydrogens is 380 g/mol. The summed E-state index contributed by atoms with van der Waals surface area (Å²) in [4.78, 5) is 16.7. The molecule has 2 saturated heterocycles. The third-order valence-corrected chi connectivity index (χ3v) is 6.80. The largest absolute Gasteiger partial charge is 0.482 e. The number of hydrogen-bond donors (Lipinski definition) is 0. The second kappa shape index (κ2) is 8.04. The molecule has 2 fully saturated rings. The van der Waals surface area contributed by atoms with Crippen molar-refractivity contribution in [2.75, 3.05) is 46.4 Å². The SMILES string of the molecule is COCC(=O)N1CCC2(CC1)Oc1ccccc1-c1c2cnn1CCN1CCCC1. The molecule has 0 radical (unpaired) electrons. The van der Waals surface area contributed by atoms with E-state index in [-0.39, 0.29) is 12.5 Å². The minimum Gasteiger partial charge on any atom is -0.482 e. The van der Waals surface area contributed by atoms with Crippen LogP contribution in [0.5, 0.6) is 5.75 Å². The minimum absolute atomic E-state index is 0.0464. The number of nitrogens with zero attached hydrogens (tertiary/aromatic N) is 4. The van der Waals surface area contributed by atoms with Gasteiger partial charge in [0.15, 0.2) is 0 Å². The summed E-state index contributed by atoms with van der Waals surface area (Å²) in [6.45, 7) is 5.78. The topological polar surface area (TPSA) is 59.8 Å². The Bertz CT molecular complexity index is 911. The number of fused-ring (bicyclic) bond motifs is 4. The lowest BCUT2D eigenvalue weighted by atomic mass is 9.81. The van der Waals surface area contributed by atoms with Gasteiger partial charge < -0.3 is 19.3 Å². The second-order valence-electron chi connectivity index (χ2n) is 8.59. The molecule has 7 heteroatoms. The zero-order chi connectivity index (χ0) is 20.6. The fourth-order valence-electron chi connectivity index (χ4n) is 5.14. The van der Waals surface area contributed by atoms with E-state index in [1.54, 1.807) is 7.11 Å². The second-order valence-corrected chi connectivity index (χ2v) is 8.59. The molecule has 0 aliphatic carbocycles. The molecule has 160 valence electrons. The molecule has 0 N–H and O–H groups in total. The van der Waals surface area contributed by atoms with E-state index in [2.05, 4.69) is 27.8 Å².